The van der Waals surface area contributed by atoms with Gasteiger partial charge >= 0.3 is 7.12 Å². The summed E-state index contributed by atoms with van der Waals surface area (Å²) in [5, 5.41) is 11.7. The van der Waals surface area contributed by atoms with E-state index in [9.17, 15) is 13.6 Å². The average Bonchev–Trinajstić information content (AvgIpc) is 2.71. The number of hydrogen-bond donors (Lipinski definition) is 2. The molecule has 1 aliphatic rings. The highest BCUT2D eigenvalue weighted by Gasteiger charge is 2.52. The second-order valence-corrected chi connectivity index (χ2v) is 7.34. The van der Waals surface area contributed by atoms with Crippen LogP contribution in [-0.2, 0) is 20.7 Å². The van der Waals surface area contributed by atoms with Gasteiger partial charge in [-0.1, -0.05) is 6.08 Å². The third kappa shape index (κ3) is 4.31. The Labute approximate surface area is 152 Å². The van der Waals surface area contributed by atoms with Crippen LogP contribution in [0, 0.1) is 11.6 Å². The Hall–Kier alpha value is -1.77. The molecule has 1 saturated heterocycles. The number of aliphatic hydroxyl groups is 1. The maximum Gasteiger partial charge on any atom is 0.492 e. The minimum atomic E-state index is -0.841. The van der Waals surface area contributed by atoms with Gasteiger partial charge < -0.3 is 19.7 Å². The normalized spacial score (nSPS) is 18.9. The van der Waals surface area contributed by atoms with Crippen LogP contribution in [-0.4, -0.2) is 35.9 Å². The molecule has 0 bridgehead atoms. The Bertz CT molecular complexity index is 695. The van der Waals surface area contributed by atoms with Gasteiger partial charge in [-0.05, 0) is 50.9 Å². The molecule has 5 nitrogen and oxygen atoms in total. The number of benzene rings is 1. The molecule has 1 aromatic rings. The van der Waals surface area contributed by atoms with E-state index in [1.807, 2.05) is 27.7 Å². The van der Waals surface area contributed by atoms with Crippen molar-refractivity contribution < 1.29 is 28.0 Å². The van der Waals surface area contributed by atoms with Crippen molar-refractivity contribution in [2.75, 3.05) is 6.54 Å². The van der Waals surface area contributed by atoms with Crippen LogP contribution in [0.3, 0.4) is 0 Å². The van der Waals surface area contributed by atoms with Crippen LogP contribution < -0.4 is 5.32 Å². The second kappa shape index (κ2) is 7.46. The van der Waals surface area contributed by atoms with Crippen LogP contribution in [0.4, 0.5) is 8.78 Å². The smallest absolute Gasteiger partial charge is 0.400 e. The summed E-state index contributed by atoms with van der Waals surface area (Å²) in [6.45, 7) is 8.31. The van der Waals surface area contributed by atoms with Crippen molar-refractivity contribution in [3.63, 3.8) is 0 Å². The number of rotatable bonds is 5. The van der Waals surface area contributed by atoms with Gasteiger partial charge in [-0.25, -0.2) is 8.78 Å². The molecule has 0 aliphatic carbocycles. The number of carbonyl (C=O) groups excluding carboxylic acids is 1. The van der Waals surface area contributed by atoms with E-state index < -0.39 is 36.6 Å². The Balaban J connectivity index is 2.39. The molecule has 1 aromatic carbocycles. The Morgan fingerprint density at radius 1 is 1.19 bits per heavy atom. The summed E-state index contributed by atoms with van der Waals surface area (Å²) < 4.78 is 39.8. The van der Waals surface area contributed by atoms with Gasteiger partial charge in [0.15, 0.2) is 0 Å². The Morgan fingerprint density at radius 2 is 1.69 bits per heavy atom. The van der Waals surface area contributed by atoms with Crippen molar-refractivity contribution in [1.82, 2.24) is 5.32 Å². The van der Waals surface area contributed by atoms with Gasteiger partial charge in [0.25, 0.3) is 0 Å². The molecule has 0 radical (unpaired) electrons. The van der Waals surface area contributed by atoms with Crippen molar-refractivity contribution in [3.8, 4) is 0 Å². The molecule has 0 saturated carbocycles. The van der Waals surface area contributed by atoms with Crippen LogP contribution in [0.1, 0.15) is 45.7 Å². The summed E-state index contributed by atoms with van der Waals surface area (Å²) in [6, 6.07) is 2.24. The molecule has 1 fully saturated rings. The number of hydrogen-bond acceptors (Lipinski definition) is 4. The topological polar surface area (TPSA) is 67.8 Å². The third-order valence-electron chi connectivity index (χ3n) is 4.77. The first-order chi connectivity index (χ1) is 12.0. The molecule has 26 heavy (non-hydrogen) atoms. The first kappa shape index (κ1) is 20.5. The van der Waals surface area contributed by atoms with Crippen molar-refractivity contribution in [3.05, 3.63) is 40.4 Å². The number of nitrogens with one attached hydrogen (secondary N) is 1. The Kier molecular flexibility index (Phi) is 5.90. The lowest BCUT2D eigenvalue weighted by atomic mass is 9.77. The van der Waals surface area contributed by atoms with Crippen molar-refractivity contribution >= 4 is 19.1 Å². The van der Waals surface area contributed by atoms with E-state index in [0.29, 0.717) is 5.47 Å². The van der Waals surface area contributed by atoms with Crippen LogP contribution in [0.5, 0.6) is 0 Å². The summed E-state index contributed by atoms with van der Waals surface area (Å²) in [5.74, 6) is -1.93. The van der Waals surface area contributed by atoms with Crippen LogP contribution in [0.25, 0.3) is 6.08 Å². The minimum Gasteiger partial charge on any atom is -0.400 e. The van der Waals surface area contributed by atoms with Gasteiger partial charge in [-0.2, -0.15) is 0 Å². The molecule has 0 atom stereocenters. The fraction of sp³-hybridized carbons (Fsp3) is 0.500. The van der Waals surface area contributed by atoms with Gasteiger partial charge in [-0.3, -0.25) is 4.79 Å². The molecule has 0 unspecified atom stereocenters. The van der Waals surface area contributed by atoms with Gasteiger partial charge in [0.05, 0.1) is 17.8 Å². The number of carbonyl (C=O) groups is 1. The fourth-order valence-electron chi connectivity index (χ4n) is 2.49. The van der Waals surface area contributed by atoms with E-state index in [-0.39, 0.29) is 23.6 Å². The number of amides is 1. The third-order valence-corrected chi connectivity index (χ3v) is 4.77. The minimum absolute atomic E-state index is 0.108. The molecule has 1 amide bonds. The Morgan fingerprint density at radius 3 is 2.12 bits per heavy atom. The second-order valence-electron chi connectivity index (χ2n) is 7.34. The fourth-order valence-corrected chi connectivity index (χ4v) is 2.49. The number of halogens is 2. The van der Waals surface area contributed by atoms with Crippen molar-refractivity contribution in [2.24, 2.45) is 0 Å². The van der Waals surface area contributed by atoms with E-state index in [0.717, 1.165) is 12.1 Å². The summed E-state index contributed by atoms with van der Waals surface area (Å²) in [6.07, 6.45) is 1.52. The van der Waals surface area contributed by atoms with Crippen molar-refractivity contribution in [1.29, 1.82) is 0 Å². The molecular weight excluding hydrogens is 343 g/mol. The highest BCUT2D eigenvalue weighted by molar-refractivity contribution is 6.56. The van der Waals surface area contributed by atoms with Crippen molar-refractivity contribution in [2.45, 2.75) is 52.4 Å². The summed E-state index contributed by atoms with van der Waals surface area (Å²) in [4.78, 5) is 11.3. The van der Waals surface area contributed by atoms with Crippen LogP contribution in [0.2, 0.25) is 0 Å². The highest BCUT2D eigenvalue weighted by Crippen LogP contribution is 2.38. The van der Waals surface area contributed by atoms with Gasteiger partial charge in [0, 0.05) is 19.0 Å². The maximum atomic E-state index is 13.9. The van der Waals surface area contributed by atoms with E-state index in [4.69, 9.17) is 14.4 Å². The zero-order valence-electron chi connectivity index (χ0n) is 15.7. The van der Waals surface area contributed by atoms with E-state index >= 15 is 0 Å². The van der Waals surface area contributed by atoms with Gasteiger partial charge in [0.2, 0.25) is 5.91 Å². The molecule has 142 valence electrons. The standard InChI is InChI=1S/C18H24BF2NO4/c1-11(24)22-9-13(19-25-17(2,3)18(4,5)26-19)6-12-7-15(20)14(10-23)16(21)8-12/h6-8,23H,9-10H2,1-5H3,(H,22,24). The molecule has 0 spiro atoms. The first-order valence-electron chi connectivity index (χ1n) is 8.36. The zero-order valence-corrected chi connectivity index (χ0v) is 15.7. The predicted octanol–water partition coefficient (Wildman–Crippen LogP) is 2.61. The predicted molar refractivity (Wildman–Crippen MR) is 95.0 cm³/mol. The van der Waals surface area contributed by atoms with E-state index in [2.05, 4.69) is 5.32 Å². The largest absolute Gasteiger partial charge is 0.492 e. The molecule has 1 heterocycles. The van der Waals surface area contributed by atoms with E-state index in [1.165, 1.54) is 13.0 Å². The maximum absolute atomic E-state index is 13.9. The lowest BCUT2D eigenvalue weighted by Gasteiger charge is -2.32. The molecule has 8 heteroatoms. The van der Waals surface area contributed by atoms with Gasteiger partial charge in [-0.15, -0.1) is 0 Å². The average molecular weight is 367 g/mol. The molecular formula is C18H24BF2NO4. The first-order valence-corrected chi connectivity index (χ1v) is 8.36. The van der Waals surface area contributed by atoms with Crippen LogP contribution in [0.15, 0.2) is 17.6 Å². The molecule has 2 rings (SSSR count). The summed E-state index contributed by atoms with van der Waals surface area (Å²) >= 11 is 0. The zero-order chi connectivity index (χ0) is 19.7. The lowest BCUT2D eigenvalue weighted by molar-refractivity contribution is -0.118. The van der Waals surface area contributed by atoms with Gasteiger partial charge in [0.1, 0.15) is 11.6 Å². The van der Waals surface area contributed by atoms with E-state index in [1.54, 1.807) is 0 Å². The summed E-state index contributed by atoms with van der Waals surface area (Å²) in [5.41, 5.74) is -0.808. The lowest BCUT2D eigenvalue weighted by Crippen LogP contribution is -2.41. The highest BCUT2D eigenvalue weighted by atomic mass is 19.1. The molecule has 0 aromatic heterocycles. The summed E-state index contributed by atoms with van der Waals surface area (Å²) in [7, 11) is -0.768. The SMILES string of the molecule is CC(=O)NCC(=Cc1cc(F)c(CO)c(F)c1)B1OC(C)(C)C(C)(C)O1. The van der Waals surface area contributed by atoms with Crippen LogP contribution >= 0.6 is 0 Å². The molecule has 2 N–H and O–H groups in total. The number of aliphatic hydroxyl groups excluding tert-OH is 1. The molecule has 1 aliphatic heterocycles. The quantitative estimate of drug-likeness (QED) is 0.786. The monoisotopic (exact) mass is 367 g/mol.